The van der Waals surface area contributed by atoms with Crippen molar-refractivity contribution in [3.05, 3.63) is 66.0 Å². The van der Waals surface area contributed by atoms with Gasteiger partial charge in [0, 0.05) is 23.7 Å². The van der Waals surface area contributed by atoms with Crippen LogP contribution in [0.15, 0.2) is 59.6 Å². The van der Waals surface area contributed by atoms with E-state index in [-0.39, 0.29) is 23.9 Å². The Morgan fingerprint density at radius 3 is 2.90 bits per heavy atom. The SMILES string of the molecule is C=N/C=C\C(=C/C)C1CCC(O)(C(=O)CC2c3c(F)cccc3-c3cncn32)CC1. The van der Waals surface area contributed by atoms with Gasteiger partial charge in [0.2, 0.25) is 0 Å². The summed E-state index contributed by atoms with van der Waals surface area (Å²) in [5.74, 6) is -0.275. The molecule has 2 aliphatic rings. The van der Waals surface area contributed by atoms with Crippen LogP contribution in [-0.2, 0) is 4.79 Å². The maximum absolute atomic E-state index is 14.6. The fourth-order valence-corrected chi connectivity index (χ4v) is 4.88. The second-order valence-corrected chi connectivity index (χ2v) is 8.12. The number of imidazole rings is 1. The van der Waals surface area contributed by atoms with E-state index in [1.165, 1.54) is 6.07 Å². The highest BCUT2D eigenvalue weighted by molar-refractivity contribution is 5.88. The highest BCUT2D eigenvalue weighted by Gasteiger charge is 2.42. The molecular formula is C24H26FN3O2. The number of halogens is 1. The third-order valence-corrected chi connectivity index (χ3v) is 6.55. The number of Topliss-reactive ketones (excluding diaryl/α,β-unsaturated/α-hetero) is 1. The summed E-state index contributed by atoms with van der Waals surface area (Å²) in [5, 5.41) is 11.1. The summed E-state index contributed by atoms with van der Waals surface area (Å²) in [6.45, 7) is 5.44. The topological polar surface area (TPSA) is 67.5 Å². The van der Waals surface area contributed by atoms with Gasteiger partial charge in [0.05, 0.1) is 24.3 Å². The van der Waals surface area contributed by atoms with Crippen LogP contribution in [0.3, 0.4) is 0 Å². The number of hydrogen-bond acceptors (Lipinski definition) is 4. The number of aliphatic imine (C=N–C) groups is 1. The highest BCUT2D eigenvalue weighted by Crippen LogP contribution is 2.44. The average Bonchev–Trinajstić information content (AvgIpc) is 3.33. The largest absolute Gasteiger partial charge is 0.382 e. The molecule has 1 aromatic carbocycles. The molecule has 0 saturated heterocycles. The van der Waals surface area contributed by atoms with Crippen LogP contribution in [0.1, 0.15) is 50.6 Å². The molecule has 0 amide bonds. The Kier molecular flexibility index (Phi) is 5.52. The van der Waals surface area contributed by atoms with Crippen molar-refractivity contribution >= 4 is 12.5 Å². The van der Waals surface area contributed by atoms with Crippen LogP contribution < -0.4 is 0 Å². The average molecular weight is 407 g/mol. The van der Waals surface area contributed by atoms with E-state index in [0.717, 1.165) is 29.7 Å². The van der Waals surface area contributed by atoms with Crippen LogP contribution in [0.5, 0.6) is 0 Å². The van der Waals surface area contributed by atoms with Crippen molar-refractivity contribution in [2.24, 2.45) is 10.9 Å². The Labute approximate surface area is 175 Å². The number of rotatable bonds is 6. The molecule has 1 atom stereocenters. The molecule has 1 saturated carbocycles. The van der Waals surface area contributed by atoms with E-state index in [0.29, 0.717) is 18.4 Å². The van der Waals surface area contributed by atoms with Gasteiger partial charge in [-0.1, -0.05) is 18.2 Å². The number of benzene rings is 1. The lowest BCUT2D eigenvalue weighted by molar-refractivity contribution is -0.141. The zero-order valence-corrected chi connectivity index (χ0v) is 17.1. The van der Waals surface area contributed by atoms with Crippen molar-refractivity contribution in [1.82, 2.24) is 9.55 Å². The number of nitrogens with zero attached hydrogens (tertiary/aromatic N) is 3. The van der Waals surface area contributed by atoms with Crippen molar-refractivity contribution in [1.29, 1.82) is 0 Å². The monoisotopic (exact) mass is 407 g/mol. The predicted molar refractivity (Wildman–Crippen MR) is 115 cm³/mol. The fraction of sp³-hybridized carbons (Fsp3) is 0.375. The first kappa shape index (κ1) is 20.4. The molecule has 1 N–H and O–H groups in total. The lowest BCUT2D eigenvalue weighted by Gasteiger charge is -2.36. The number of allylic oxidation sites excluding steroid dienone is 3. The van der Waals surface area contributed by atoms with E-state index in [2.05, 4.69) is 16.7 Å². The summed E-state index contributed by atoms with van der Waals surface area (Å²) >= 11 is 0. The lowest BCUT2D eigenvalue weighted by Crippen LogP contribution is -2.43. The maximum atomic E-state index is 14.6. The van der Waals surface area contributed by atoms with Gasteiger partial charge in [-0.15, -0.1) is 0 Å². The van der Waals surface area contributed by atoms with E-state index in [9.17, 15) is 14.3 Å². The summed E-state index contributed by atoms with van der Waals surface area (Å²) in [6.07, 6.45) is 11.2. The molecule has 1 aliphatic carbocycles. The minimum absolute atomic E-state index is 0.0508. The molecule has 30 heavy (non-hydrogen) atoms. The van der Waals surface area contributed by atoms with E-state index in [4.69, 9.17) is 0 Å². The summed E-state index contributed by atoms with van der Waals surface area (Å²) in [5.41, 5.74) is 1.86. The Morgan fingerprint density at radius 1 is 1.43 bits per heavy atom. The number of fused-ring (bicyclic) bond motifs is 3. The molecular weight excluding hydrogens is 381 g/mol. The molecule has 6 heteroatoms. The van der Waals surface area contributed by atoms with E-state index in [1.807, 2.05) is 29.7 Å². The number of hydrogen-bond donors (Lipinski definition) is 1. The molecule has 1 unspecified atom stereocenters. The molecule has 1 fully saturated rings. The van der Waals surface area contributed by atoms with Crippen LogP contribution >= 0.6 is 0 Å². The summed E-state index contributed by atoms with van der Waals surface area (Å²) in [4.78, 5) is 21.1. The van der Waals surface area contributed by atoms with Gasteiger partial charge in [-0.05, 0) is 63.0 Å². The molecule has 0 radical (unpaired) electrons. The normalized spacial score (nSPS) is 25.9. The van der Waals surface area contributed by atoms with Crippen LogP contribution in [0.25, 0.3) is 11.3 Å². The second-order valence-electron chi connectivity index (χ2n) is 8.12. The molecule has 1 aromatic heterocycles. The van der Waals surface area contributed by atoms with Gasteiger partial charge in [0.15, 0.2) is 5.78 Å². The van der Waals surface area contributed by atoms with Crippen LogP contribution in [0, 0.1) is 11.7 Å². The van der Waals surface area contributed by atoms with Gasteiger partial charge in [0.25, 0.3) is 0 Å². The number of carbonyl (C=O) groups is 1. The minimum atomic E-state index is -1.37. The zero-order valence-electron chi connectivity index (χ0n) is 17.1. The van der Waals surface area contributed by atoms with Crippen molar-refractivity contribution in [2.75, 3.05) is 0 Å². The Balaban J connectivity index is 1.50. The first-order chi connectivity index (χ1) is 14.5. The first-order valence-corrected chi connectivity index (χ1v) is 10.3. The quantitative estimate of drug-likeness (QED) is 0.561. The Hall–Kier alpha value is -2.86. The molecule has 0 spiro atoms. The molecule has 0 bridgehead atoms. The number of aliphatic hydroxyl groups is 1. The first-order valence-electron chi connectivity index (χ1n) is 10.3. The Bertz CT molecular complexity index is 1030. The number of aromatic nitrogens is 2. The standard InChI is InChI=1S/C24H26FN3O2/c1-3-16(9-12-26-2)17-7-10-24(30,11-8-17)22(29)13-20-23-18(5-4-6-19(23)25)21-14-27-15-28(20)21/h3-6,9,12,14-15,17,20,30H,2,7-8,10-11,13H2,1H3/b12-9-,16-3+. The molecule has 2 heterocycles. The maximum Gasteiger partial charge on any atom is 0.166 e. The van der Waals surface area contributed by atoms with Gasteiger partial charge < -0.3 is 9.67 Å². The predicted octanol–water partition coefficient (Wildman–Crippen LogP) is 4.63. The van der Waals surface area contributed by atoms with E-state index < -0.39 is 11.6 Å². The van der Waals surface area contributed by atoms with Gasteiger partial charge >= 0.3 is 0 Å². The van der Waals surface area contributed by atoms with Crippen molar-refractivity contribution in [2.45, 2.75) is 50.7 Å². The number of carbonyl (C=O) groups excluding carboxylic acids is 1. The molecule has 1 aliphatic heterocycles. The van der Waals surface area contributed by atoms with Crippen molar-refractivity contribution < 1.29 is 14.3 Å². The van der Waals surface area contributed by atoms with Gasteiger partial charge in [-0.25, -0.2) is 9.37 Å². The third kappa shape index (κ3) is 3.45. The summed E-state index contributed by atoms with van der Waals surface area (Å²) in [7, 11) is 0. The number of ketones is 1. The van der Waals surface area contributed by atoms with Crippen molar-refractivity contribution in [3.63, 3.8) is 0 Å². The van der Waals surface area contributed by atoms with E-state index >= 15 is 0 Å². The van der Waals surface area contributed by atoms with Gasteiger partial charge in [-0.2, -0.15) is 0 Å². The summed E-state index contributed by atoms with van der Waals surface area (Å²) < 4.78 is 16.5. The molecule has 5 nitrogen and oxygen atoms in total. The smallest absolute Gasteiger partial charge is 0.166 e. The lowest BCUT2D eigenvalue weighted by atomic mass is 9.73. The highest BCUT2D eigenvalue weighted by atomic mass is 19.1. The third-order valence-electron chi connectivity index (χ3n) is 6.55. The van der Waals surface area contributed by atoms with E-state index in [1.54, 1.807) is 24.8 Å². The fourth-order valence-electron chi connectivity index (χ4n) is 4.88. The summed E-state index contributed by atoms with van der Waals surface area (Å²) in [6, 6.07) is 4.46. The minimum Gasteiger partial charge on any atom is -0.382 e. The molecule has 2 aromatic rings. The van der Waals surface area contributed by atoms with Gasteiger partial charge in [-0.3, -0.25) is 9.79 Å². The molecule has 156 valence electrons. The van der Waals surface area contributed by atoms with Crippen LogP contribution in [-0.4, -0.2) is 32.8 Å². The second kappa shape index (κ2) is 8.11. The van der Waals surface area contributed by atoms with Crippen LogP contribution in [0.4, 0.5) is 4.39 Å². The van der Waals surface area contributed by atoms with Crippen LogP contribution in [0.2, 0.25) is 0 Å². The molecule has 4 rings (SSSR count). The Morgan fingerprint density at radius 2 is 2.20 bits per heavy atom. The van der Waals surface area contributed by atoms with Gasteiger partial charge in [0.1, 0.15) is 11.4 Å². The van der Waals surface area contributed by atoms with Crippen molar-refractivity contribution in [3.8, 4) is 11.3 Å². The zero-order chi connectivity index (χ0) is 21.3.